The number of rotatable bonds is 7. The summed E-state index contributed by atoms with van der Waals surface area (Å²) in [7, 11) is 2.91. The van der Waals surface area contributed by atoms with Crippen LogP contribution in [-0.2, 0) is 60.0 Å². The summed E-state index contributed by atoms with van der Waals surface area (Å²) in [5.41, 5.74) is 0.954. The van der Waals surface area contributed by atoms with Gasteiger partial charge in [0.2, 0.25) is 11.9 Å². The molecule has 1 spiro atoms. The first-order valence-electron chi connectivity index (χ1n) is 10.7. The fourth-order valence-corrected chi connectivity index (χ4v) is 4.27. The van der Waals surface area contributed by atoms with E-state index in [0.717, 1.165) is 20.8 Å². The average Bonchev–Trinajstić information content (AvgIpc) is 3.14. The minimum Gasteiger partial charge on any atom is -0.497 e. The highest BCUT2D eigenvalue weighted by molar-refractivity contribution is 5.69. The quantitative estimate of drug-likeness (QED) is 0.395. The molecule has 0 saturated carbocycles. The number of carbonyl (C=O) groups excluding carboxylic acids is 4. The van der Waals surface area contributed by atoms with Crippen LogP contribution in [0.4, 0.5) is 0 Å². The molecule has 0 N–H and O–H groups in total. The van der Waals surface area contributed by atoms with Crippen LogP contribution in [0.25, 0.3) is 0 Å². The number of benzene rings is 1. The van der Waals surface area contributed by atoms with Crippen molar-refractivity contribution in [3.8, 4) is 11.5 Å². The number of carbonyl (C=O) groups is 4. The molecule has 35 heavy (non-hydrogen) atoms. The second-order valence-corrected chi connectivity index (χ2v) is 7.96. The Hall–Kier alpha value is -3.38. The summed E-state index contributed by atoms with van der Waals surface area (Å²) in [5, 5.41) is 0. The summed E-state index contributed by atoms with van der Waals surface area (Å²) in [6.45, 7) is 4.26. The summed E-state index contributed by atoms with van der Waals surface area (Å²) in [6.07, 6.45) is -5.28. The van der Waals surface area contributed by atoms with Gasteiger partial charge in [0.1, 0.15) is 24.2 Å². The van der Waals surface area contributed by atoms with Crippen LogP contribution in [0.15, 0.2) is 12.1 Å². The Bertz CT molecular complexity index is 1000. The predicted octanol–water partition coefficient (Wildman–Crippen LogP) is 1.14. The molecule has 12 heteroatoms. The van der Waals surface area contributed by atoms with Crippen LogP contribution >= 0.6 is 0 Å². The van der Waals surface area contributed by atoms with Crippen molar-refractivity contribution in [1.82, 2.24) is 0 Å². The number of fused-ring (bicyclic) bond motifs is 2. The van der Waals surface area contributed by atoms with Gasteiger partial charge in [0.15, 0.2) is 12.2 Å². The standard InChI is InChI=1S/C23H28O12/c1-11(24)30-10-18-20(32-12(2)25)21(33-13(3)26)22(34-14(4)27)23(35-18)19-15(9-31-23)7-16(28-5)8-17(19)29-6/h7-8,18,20-22H,9-10H2,1-6H3/t18-,20-,21+,22-,23?/m1/s1. The van der Waals surface area contributed by atoms with Crippen molar-refractivity contribution in [2.24, 2.45) is 0 Å². The van der Waals surface area contributed by atoms with Gasteiger partial charge in [0, 0.05) is 33.8 Å². The summed E-state index contributed by atoms with van der Waals surface area (Å²) < 4.78 is 44.9. The molecule has 0 bridgehead atoms. The fraction of sp³-hybridized carbons (Fsp3) is 0.565. The van der Waals surface area contributed by atoms with Gasteiger partial charge in [-0.25, -0.2) is 0 Å². The highest BCUT2D eigenvalue weighted by Gasteiger charge is 2.65. The molecule has 2 aliphatic heterocycles. The second-order valence-electron chi connectivity index (χ2n) is 7.96. The molecular weight excluding hydrogens is 468 g/mol. The summed E-state index contributed by atoms with van der Waals surface area (Å²) in [6, 6.07) is 3.28. The maximum atomic E-state index is 12.2. The normalized spacial score (nSPS) is 26.9. The van der Waals surface area contributed by atoms with Gasteiger partial charge in [0.05, 0.1) is 26.4 Å². The van der Waals surface area contributed by atoms with E-state index < -0.39 is 54.1 Å². The number of hydrogen-bond donors (Lipinski definition) is 0. The van der Waals surface area contributed by atoms with Crippen LogP contribution in [0.1, 0.15) is 38.8 Å². The number of methoxy groups -OCH3 is 2. The molecule has 1 fully saturated rings. The first-order valence-corrected chi connectivity index (χ1v) is 10.7. The lowest BCUT2D eigenvalue weighted by Crippen LogP contribution is -2.66. The molecule has 5 atom stereocenters. The summed E-state index contributed by atoms with van der Waals surface area (Å²) >= 11 is 0. The largest absolute Gasteiger partial charge is 0.497 e. The second kappa shape index (κ2) is 10.5. The van der Waals surface area contributed by atoms with Gasteiger partial charge in [0.25, 0.3) is 0 Å². The highest BCUT2D eigenvalue weighted by Crippen LogP contribution is 2.52. The Morgan fingerprint density at radius 1 is 0.886 bits per heavy atom. The number of hydrogen-bond acceptors (Lipinski definition) is 12. The molecular formula is C23H28O12. The SMILES string of the molecule is COc1cc2c(c(OC)c1)C1(OC2)O[C@H](COC(C)=O)[C@@H](OC(C)=O)[C@H](OC(C)=O)[C@H]1OC(C)=O. The van der Waals surface area contributed by atoms with Crippen LogP contribution in [0, 0.1) is 0 Å². The molecule has 1 aromatic carbocycles. The van der Waals surface area contributed by atoms with Crippen LogP contribution in [-0.4, -0.2) is 69.1 Å². The van der Waals surface area contributed by atoms with Gasteiger partial charge in [-0.1, -0.05) is 0 Å². The van der Waals surface area contributed by atoms with Crippen molar-refractivity contribution in [3.05, 3.63) is 23.3 Å². The summed E-state index contributed by atoms with van der Waals surface area (Å²) in [5.74, 6) is -3.92. The number of ether oxygens (including phenoxy) is 8. The zero-order valence-corrected chi connectivity index (χ0v) is 20.3. The summed E-state index contributed by atoms with van der Waals surface area (Å²) in [4.78, 5) is 47.8. The van der Waals surface area contributed by atoms with Gasteiger partial charge < -0.3 is 37.9 Å². The maximum absolute atomic E-state index is 12.2. The lowest BCUT2D eigenvalue weighted by molar-refractivity contribution is -0.370. The van der Waals surface area contributed by atoms with Gasteiger partial charge in [-0.3, -0.25) is 19.2 Å². The molecule has 12 nitrogen and oxygen atoms in total. The van der Waals surface area contributed by atoms with Gasteiger partial charge >= 0.3 is 23.9 Å². The first kappa shape index (κ1) is 26.2. The fourth-order valence-electron chi connectivity index (χ4n) is 4.27. The van der Waals surface area contributed by atoms with E-state index in [0.29, 0.717) is 16.9 Å². The first-order chi connectivity index (χ1) is 16.5. The monoisotopic (exact) mass is 496 g/mol. The van der Waals surface area contributed by atoms with Crippen LogP contribution in [0.3, 0.4) is 0 Å². The van der Waals surface area contributed by atoms with E-state index in [1.165, 1.54) is 21.1 Å². The molecule has 2 heterocycles. The van der Waals surface area contributed by atoms with Gasteiger partial charge in [-0.05, 0) is 11.6 Å². The van der Waals surface area contributed by atoms with E-state index in [1.807, 2.05) is 0 Å². The Morgan fingerprint density at radius 3 is 2.06 bits per heavy atom. The topological polar surface area (TPSA) is 142 Å². The molecule has 0 amide bonds. The zero-order valence-electron chi connectivity index (χ0n) is 20.3. The van der Waals surface area contributed by atoms with Crippen molar-refractivity contribution in [2.75, 3.05) is 20.8 Å². The molecule has 192 valence electrons. The smallest absolute Gasteiger partial charge is 0.303 e. The average molecular weight is 496 g/mol. The molecule has 1 saturated heterocycles. The third kappa shape index (κ3) is 5.33. The maximum Gasteiger partial charge on any atom is 0.303 e. The molecule has 1 unspecified atom stereocenters. The third-order valence-corrected chi connectivity index (χ3v) is 5.44. The van der Waals surface area contributed by atoms with Crippen molar-refractivity contribution < 1.29 is 57.1 Å². The molecule has 3 rings (SSSR count). The molecule has 0 aliphatic carbocycles. The van der Waals surface area contributed by atoms with E-state index >= 15 is 0 Å². The minimum absolute atomic E-state index is 0.00797. The van der Waals surface area contributed by atoms with Gasteiger partial charge in [-0.15, -0.1) is 0 Å². The third-order valence-electron chi connectivity index (χ3n) is 5.44. The van der Waals surface area contributed by atoms with E-state index in [1.54, 1.807) is 12.1 Å². The van der Waals surface area contributed by atoms with Crippen LogP contribution in [0.2, 0.25) is 0 Å². The van der Waals surface area contributed by atoms with Crippen LogP contribution in [0.5, 0.6) is 11.5 Å². The molecule has 2 aliphatic rings. The van der Waals surface area contributed by atoms with Crippen molar-refractivity contribution in [2.45, 2.75) is 64.5 Å². The Balaban J connectivity index is 2.23. The van der Waals surface area contributed by atoms with Gasteiger partial charge in [-0.2, -0.15) is 0 Å². The highest BCUT2D eigenvalue weighted by atomic mass is 16.8. The zero-order chi connectivity index (χ0) is 25.9. The van der Waals surface area contributed by atoms with Crippen molar-refractivity contribution in [1.29, 1.82) is 0 Å². The molecule has 0 aromatic heterocycles. The van der Waals surface area contributed by atoms with E-state index in [-0.39, 0.29) is 19.0 Å². The minimum atomic E-state index is -1.86. The van der Waals surface area contributed by atoms with Crippen molar-refractivity contribution >= 4 is 23.9 Å². The number of esters is 4. The van der Waals surface area contributed by atoms with E-state index in [2.05, 4.69) is 0 Å². The van der Waals surface area contributed by atoms with E-state index in [9.17, 15) is 19.2 Å². The molecule has 1 aromatic rings. The Labute approximate surface area is 201 Å². The predicted molar refractivity (Wildman–Crippen MR) is 114 cm³/mol. The molecule has 0 radical (unpaired) electrons. The lowest BCUT2D eigenvalue weighted by atomic mass is 9.86. The van der Waals surface area contributed by atoms with E-state index in [4.69, 9.17) is 37.9 Å². The van der Waals surface area contributed by atoms with Crippen molar-refractivity contribution in [3.63, 3.8) is 0 Å². The lowest BCUT2D eigenvalue weighted by Gasteiger charge is -2.49. The Morgan fingerprint density at radius 2 is 1.51 bits per heavy atom. The Kier molecular flexibility index (Phi) is 7.86. The van der Waals surface area contributed by atoms with Crippen LogP contribution < -0.4 is 9.47 Å².